The van der Waals surface area contributed by atoms with Crippen LogP contribution in [-0.2, 0) is 16.6 Å². The molecule has 0 saturated heterocycles. The second kappa shape index (κ2) is 5.83. The third kappa shape index (κ3) is 3.05. The third-order valence-electron chi connectivity index (χ3n) is 4.34. The molecule has 3 atom stereocenters. The monoisotopic (exact) mass is 300 g/mol. The van der Waals surface area contributed by atoms with Gasteiger partial charge in [0, 0.05) is 12.6 Å². The molecule has 0 radical (unpaired) electrons. The first kappa shape index (κ1) is 15.5. The summed E-state index contributed by atoms with van der Waals surface area (Å²) in [5, 5.41) is 6.65. The molecule has 0 spiro atoms. The van der Waals surface area contributed by atoms with Gasteiger partial charge in [0.05, 0.1) is 11.4 Å². The molecule has 0 amide bonds. The van der Waals surface area contributed by atoms with Gasteiger partial charge in [-0.2, -0.15) is 5.10 Å². The first-order valence-corrected chi connectivity index (χ1v) is 8.59. The van der Waals surface area contributed by atoms with Crippen molar-refractivity contribution >= 4 is 10.0 Å². The maximum Gasteiger partial charge on any atom is 0.244 e. The van der Waals surface area contributed by atoms with Gasteiger partial charge >= 0.3 is 0 Å². The number of nitrogens with zero attached hydrogens (tertiary/aromatic N) is 1. The SMILES string of the molecule is Cc1[nH]nc(CN)c1S(=O)(=O)NC1CCC(C)C(C)C1. The summed E-state index contributed by atoms with van der Waals surface area (Å²) in [7, 11) is -3.55. The fraction of sp³-hybridized carbons (Fsp3) is 0.769. The molecule has 4 N–H and O–H groups in total. The zero-order chi connectivity index (χ0) is 14.9. The number of aryl methyl sites for hydroxylation is 1. The fourth-order valence-corrected chi connectivity index (χ4v) is 4.56. The van der Waals surface area contributed by atoms with Crippen molar-refractivity contribution < 1.29 is 8.42 Å². The Hall–Kier alpha value is -0.920. The van der Waals surface area contributed by atoms with E-state index in [2.05, 4.69) is 28.8 Å². The lowest BCUT2D eigenvalue weighted by atomic mass is 9.79. The van der Waals surface area contributed by atoms with Crippen molar-refractivity contribution in [3.63, 3.8) is 0 Å². The van der Waals surface area contributed by atoms with E-state index in [1.54, 1.807) is 6.92 Å². The van der Waals surface area contributed by atoms with Gasteiger partial charge in [-0.1, -0.05) is 13.8 Å². The van der Waals surface area contributed by atoms with Gasteiger partial charge in [0.2, 0.25) is 10.0 Å². The molecule has 1 aliphatic rings. The van der Waals surface area contributed by atoms with Gasteiger partial charge < -0.3 is 5.73 Å². The topological polar surface area (TPSA) is 101 Å². The molecule has 6 nitrogen and oxygen atoms in total. The van der Waals surface area contributed by atoms with Gasteiger partial charge in [0.1, 0.15) is 4.90 Å². The Balaban J connectivity index is 2.17. The minimum atomic E-state index is -3.55. The molecule has 0 bridgehead atoms. The van der Waals surface area contributed by atoms with Crippen LogP contribution in [0.25, 0.3) is 0 Å². The molecule has 0 aromatic carbocycles. The lowest BCUT2D eigenvalue weighted by Crippen LogP contribution is -2.40. The average molecular weight is 300 g/mol. The van der Waals surface area contributed by atoms with E-state index < -0.39 is 10.0 Å². The first-order valence-electron chi connectivity index (χ1n) is 7.11. The summed E-state index contributed by atoms with van der Waals surface area (Å²) in [6.45, 7) is 6.21. The van der Waals surface area contributed by atoms with Crippen molar-refractivity contribution in [1.82, 2.24) is 14.9 Å². The lowest BCUT2D eigenvalue weighted by molar-refractivity contribution is 0.242. The maximum absolute atomic E-state index is 12.5. The number of hydrogen-bond acceptors (Lipinski definition) is 4. The standard InChI is InChI=1S/C13H24N4O2S/c1-8-4-5-11(6-9(8)2)17-20(18,19)13-10(3)15-16-12(13)7-14/h8-9,11,17H,4-7,14H2,1-3H3,(H,15,16). The smallest absolute Gasteiger partial charge is 0.244 e. The van der Waals surface area contributed by atoms with E-state index in [4.69, 9.17) is 5.73 Å². The second-order valence-electron chi connectivity index (χ2n) is 5.91. The zero-order valence-corrected chi connectivity index (χ0v) is 13.1. The van der Waals surface area contributed by atoms with Crippen LogP contribution in [0.4, 0.5) is 0 Å². The third-order valence-corrected chi connectivity index (χ3v) is 6.07. The van der Waals surface area contributed by atoms with E-state index >= 15 is 0 Å². The molecule has 3 unspecified atom stereocenters. The van der Waals surface area contributed by atoms with Crippen molar-refractivity contribution in [3.8, 4) is 0 Å². The molecule has 7 heteroatoms. The minimum Gasteiger partial charge on any atom is -0.325 e. The van der Waals surface area contributed by atoms with Crippen LogP contribution in [0.1, 0.15) is 44.5 Å². The predicted molar refractivity (Wildman–Crippen MR) is 77.5 cm³/mol. The number of aromatic amines is 1. The van der Waals surface area contributed by atoms with Crippen LogP contribution in [0.3, 0.4) is 0 Å². The molecule has 0 aliphatic heterocycles. The van der Waals surface area contributed by atoms with Gasteiger partial charge in [0.15, 0.2) is 0 Å². The van der Waals surface area contributed by atoms with Crippen LogP contribution in [0.5, 0.6) is 0 Å². The summed E-state index contributed by atoms with van der Waals surface area (Å²) >= 11 is 0. The number of nitrogens with two attached hydrogens (primary N) is 1. The predicted octanol–water partition coefficient (Wildman–Crippen LogP) is 1.28. The summed E-state index contributed by atoms with van der Waals surface area (Å²) in [4.78, 5) is 0.214. The van der Waals surface area contributed by atoms with Crippen molar-refractivity contribution in [3.05, 3.63) is 11.4 Å². The van der Waals surface area contributed by atoms with E-state index in [-0.39, 0.29) is 17.5 Å². The molecule has 1 aromatic rings. The quantitative estimate of drug-likeness (QED) is 0.779. The van der Waals surface area contributed by atoms with Gasteiger partial charge in [-0.3, -0.25) is 5.10 Å². The Labute approximate surface area is 120 Å². The normalized spacial score (nSPS) is 27.7. The molecular formula is C13H24N4O2S. The number of nitrogens with one attached hydrogen (secondary N) is 2. The van der Waals surface area contributed by atoms with E-state index in [9.17, 15) is 8.42 Å². The highest BCUT2D eigenvalue weighted by molar-refractivity contribution is 7.89. The van der Waals surface area contributed by atoms with E-state index in [0.29, 0.717) is 23.2 Å². The minimum absolute atomic E-state index is 0.00567. The van der Waals surface area contributed by atoms with Gasteiger partial charge in [0.25, 0.3) is 0 Å². The Morgan fingerprint density at radius 3 is 2.65 bits per heavy atom. The Morgan fingerprint density at radius 1 is 1.35 bits per heavy atom. The summed E-state index contributed by atoms with van der Waals surface area (Å²) < 4.78 is 27.9. The summed E-state index contributed by atoms with van der Waals surface area (Å²) in [6, 6.07) is 0.00567. The highest BCUT2D eigenvalue weighted by atomic mass is 32.2. The molecule has 2 rings (SSSR count). The number of sulfonamides is 1. The molecule has 1 fully saturated rings. The van der Waals surface area contributed by atoms with Crippen LogP contribution in [0.2, 0.25) is 0 Å². The molecule has 20 heavy (non-hydrogen) atoms. The van der Waals surface area contributed by atoms with Crippen LogP contribution >= 0.6 is 0 Å². The summed E-state index contributed by atoms with van der Waals surface area (Å²) in [5.74, 6) is 1.20. The van der Waals surface area contributed by atoms with E-state index in [0.717, 1.165) is 19.3 Å². The second-order valence-corrected chi connectivity index (χ2v) is 7.57. The van der Waals surface area contributed by atoms with Gasteiger partial charge in [-0.05, 0) is 38.0 Å². The van der Waals surface area contributed by atoms with E-state index in [1.807, 2.05) is 0 Å². The molecule has 1 aromatic heterocycles. The first-order chi connectivity index (χ1) is 9.35. The Bertz CT molecular complexity index is 567. The van der Waals surface area contributed by atoms with Gasteiger partial charge in [-0.25, -0.2) is 13.1 Å². The maximum atomic E-state index is 12.5. The summed E-state index contributed by atoms with van der Waals surface area (Å²) in [6.07, 6.45) is 2.83. The highest BCUT2D eigenvalue weighted by Gasteiger charge is 2.30. The fourth-order valence-electron chi connectivity index (χ4n) is 2.90. The van der Waals surface area contributed by atoms with Crippen LogP contribution in [0, 0.1) is 18.8 Å². The molecule has 1 aliphatic carbocycles. The molecule has 1 heterocycles. The van der Waals surface area contributed by atoms with Gasteiger partial charge in [-0.15, -0.1) is 0 Å². The number of rotatable bonds is 4. The number of H-pyrrole nitrogens is 1. The van der Waals surface area contributed by atoms with Crippen molar-refractivity contribution in [1.29, 1.82) is 0 Å². The number of hydrogen-bond donors (Lipinski definition) is 3. The lowest BCUT2D eigenvalue weighted by Gasteiger charge is -2.32. The largest absolute Gasteiger partial charge is 0.325 e. The molecular weight excluding hydrogens is 276 g/mol. The van der Waals surface area contributed by atoms with Crippen LogP contribution in [-0.4, -0.2) is 24.7 Å². The molecule has 1 saturated carbocycles. The van der Waals surface area contributed by atoms with Crippen molar-refractivity contribution in [2.24, 2.45) is 17.6 Å². The number of aromatic nitrogens is 2. The Morgan fingerprint density at radius 2 is 2.05 bits per heavy atom. The van der Waals surface area contributed by atoms with Crippen LogP contribution in [0.15, 0.2) is 4.90 Å². The van der Waals surface area contributed by atoms with E-state index in [1.165, 1.54) is 0 Å². The van der Waals surface area contributed by atoms with Crippen molar-refractivity contribution in [2.45, 2.75) is 57.5 Å². The molecule has 114 valence electrons. The van der Waals surface area contributed by atoms with Crippen molar-refractivity contribution in [2.75, 3.05) is 0 Å². The zero-order valence-electron chi connectivity index (χ0n) is 12.3. The summed E-state index contributed by atoms with van der Waals surface area (Å²) in [5.41, 5.74) is 6.49. The van der Waals surface area contributed by atoms with Crippen LogP contribution < -0.4 is 10.5 Å². The Kier molecular flexibility index (Phi) is 4.51. The average Bonchev–Trinajstić information content (AvgIpc) is 2.75. The highest BCUT2D eigenvalue weighted by Crippen LogP contribution is 2.30.